The van der Waals surface area contributed by atoms with Crippen molar-refractivity contribution in [1.82, 2.24) is 10.6 Å². The summed E-state index contributed by atoms with van der Waals surface area (Å²) in [6.07, 6.45) is 1.92. The number of rotatable bonds is 4. The number of amides is 3. The van der Waals surface area contributed by atoms with Crippen molar-refractivity contribution < 1.29 is 19.1 Å². The van der Waals surface area contributed by atoms with Crippen molar-refractivity contribution in [3.8, 4) is 5.75 Å². The van der Waals surface area contributed by atoms with Crippen molar-refractivity contribution in [2.24, 2.45) is 0 Å². The largest absolute Gasteiger partial charge is 0.490 e. The molecule has 7 nitrogen and oxygen atoms in total. The predicted molar refractivity (Wildman–Crippen MR) is 83.2 cm³/mol. The molecule has 3 N–H and O–H groups in total. The number of hydrogen-bond donors (Lipinski definition) is 3. The molecule has 3 heterocycles. The molecule has 0 aromatic heterocycles. The Morgan fingerprint density at radius 1 is 1.35 bits per heavy atom. The van der Waals surface area contributed by atoms with Gasteiger partial charge in [0.2, 0.25) is 0 Å². The number of anilines is 1. The Labute approximate surface area is 133 Å². The number of urea groups is 1. The van der Waals surface area contributed by atoms with E-state index in [1.807, 2.05) is 25.1 Å². The molecule has 3 amide bonds. The van der Waals surface area contributed by atoms with Crippen molar-refractivity contribution >= 4 is 23.2 Å². The third kappa shape index (κ3) is 2.63. The highest BCUT2D eigenvalue weighted by molar-refractivity contribution is 6.32. The van der Waals surface area contributed by atoms with Crippen molar-refractivity contribution in [1.29, 1.82) is 0 Å². The number of ether oxygens (including phenoxy) is 2. The molecule has 3 aliphatic rings. The van der Waals surface area contributed by atoms with E-state index < -0.39 is 0 Å². The second-order valence-electron chi connectivity index (χ2n) is 5.91. The summed E-state index contributed by atoms with van der Waals surface area (Å²) < 4.78 is 11.0. The maximum absolute atomic E-state index is 12.3. The first kappa shape index (κ1) is 14.1. The predicted octanol–water partition coefficient (Wildman–Crippen LogP) is 0.870. The first-order chi connectivity index (χ1) is 11.1. The molecule has 3 aliphatic heterocycles. The second-order valence-corrected chi connectivity index (χ2v) is 5.91. The molecular formula is C16H17N3O4. The van der Waals surface area contributed by atoms with E-state index in [0.29, 0.717) is 24.5 Å². The lowest BCUT2D eigenvalue weighted by Gasteiger charge is -2.12. The topological polar surface area (TPSA) is 92.0 Å². The summed E-state index contributed by atoms with van der Waals surface area (Å²) in [5, 5.41) is 8.40. The standard InChI is InChI=1S/C16H17N3O4/c1-8-12(19-16(21)17-8)5-10-14-11(18-15(10)20)3-2-4-13(14)23-7-9-6-22-9/h2-5,8-9,12H,6-7H2,1H3,(H,18,20)(H2,17,19,21). The van der Waals surface area contributed by atoms with Crippen LogP contribution in [-0.2, 0) is 9.53 Å². The normalized spacial score (nSPS) is 29.8. The van der Waals surface area contributed by atoms with Crippen molar-refractivity contribution in [3.63, 3.8) is 0 Å². The molecular weight excluding hydrogens is 298 g/mol. The van der Waals surface area contributed by atoms with Gasteiger partial charge in [0.05, 0.1) is 35.5 Å². The number of carbonyl (C=O) groups is 2. The van der Waals surface area contributed by atoms with Crippen LogP contribution in [0.1, 0.15) is 12.5 Å². The Bertz CT molecular complexity index is 711. The molecule has 120 valence electrons. The van der Waals surface area contributed by atoms with Crippen molar-refractivity contribution in [3.05, 3.63) is 29.8 Å². The lowest BCUT2D eigenvalue weighted by molar-refractivity contribution is -0.110. The Morgan fingerprint density at radius 2 is 2.17 bits per heavy atom. The van der Waals surface area contributed by atoms with E-state index in [2.05, 4.69) is 16.0 Å². The second kappa shape index (κ2) is 5.27. The van der Waals surface area contributed by atoms with Gasteiger partial charge in [-0.05, 0) is 25.1 Å². The molecule has 3 atom stereocenters. The van der Waals surface area contributed by atoms with Gasteiger partial charge in [-0.2, -0.15) is 0 Å². The highest BCUT2D eigenvalue weighted by Gasteiger charge is 2.33. The number of hydrogen-bond acceptors (Lipinski definition) is 4. The van der Waals surface area contributed by atoms with Gasteiger partial charge in [-0.1, -0.05) is 6.07 Å². The summed E-state index contributed by atoms with van der Waals surface area (Å²) in [6.45, 7) is 3.07. The van der Waals surface area contributed by atoms with Crippen molar-refractivity contribution in [2.45, 2.75) is 25.1 Å². The zero-order valence-electron chi connectivity index (χ0n) is 12.6. The van der Waals surface area contributed by atoms with Gasteiger partial charge in [0, 0.05) is 0 Å². The summed E-state index contributed by atoms with van der Waals surface area (Å²) in [4.78, 5) is 23.7. The van der Waals surface area contributed by atoms with E-state index >= 15 is 0 Å². The van der Waals surface area contributed by atoms with Crippen LogP contribution >= 0.6 is 0 Å². The molecule has 0 spiro atoms. The molecule has 7 heteroatoms. The number of carbonyl (C=O) groups excluding carboxylic acids is 2. The van der Waals surface area contributed by atoms with E-state index in [9.17, 15) is 9.59 Å². The first-order valence-corrected chi connectivity index (χ1v) is 7.60. The molecule has 3 unspecified atom stereocenters. The highest BCUT2D eigenvalue weighted by atomic mass is 16.6. The van der Waals surface area contributed by atoms with Crippen LogP contribution < -0.4 is 20.7 Å². The third-order valence-corrected chi connectivity index (χ3v) is 4.16. The molecule has 2 fully saturated rings. The zero-order valence-corrected chi connectivity index (χ0v) is 12.6. The lowest BCUT2D eigenvalue weighted by Crippen LogP contribution is -2.29. The summed E-state index contributed by atoms with van der Waals surface area (Å²) in [5.41, 5.74) is 1.99. The quantitative estimate of drug-likeness (QED) is 0.568. The van der Waals surface area contributed by atoms with Crippen LogP contribution in [0.15, 0.2) is 24.3 Å². The fraction of sp³-hybridized carbons (Fsp3) is 0.375. The van der Waals surface area contributed by atoms with Crippen LogP contribution in [-0.4, -0.2) is 43.3 Å². The smallest absolute Gasteiger partial charge is 0.315 e. The molecule has 0 bridgehead atoms. The SMILES string of the molecule is CC1NC(=O)NC1C=C1C(=O)Nc2cccc(OCC3CO3)c21. The monoisotopic (exact) mass is 315 g/mol. The van der Waals surface area contributed by atoms with Gasteiger partial charge >= 0.3 is 6.03 Å². The highest BCUT2D eigenvalue weighted by Crippen LogP contribution is 2.39. The Balaban J connectivity index is 1.67. The summed E-state index contributed by atoms with van der Waals surface area (Å²) >= 11 is 0. The number of epoxide rings is 1. The minimum Gasteiger partial charge on any atom is -0.490 e. The minimum absolute atomic E-state index is 0.0835. The zero-order chi connectivity index (χ0) is 16.0. The van der Waals surface area contributed by atoms with Gasteiger partial charge in [0.1, 0.15) is 18.5 Å². The molecule has 0 saturated carbocycles. The van der Waals surface area contributed by atoms with Gasteiger partial charge < -0.3 is 25.4 Å². The van der Waals surface area contributed by atoms with Crippen LogP contribution in [0.2, 0.25) is 0 Å². The van der Waals surface area contributed by atoms with Crippen molar-refractivity contribution in [2.75, 3.05) is 18.5 Å². The van der Waals surface area contributed by atoms with Crippen LogP contribution in [0.3, 0.4) is 0 Å². The fourth-order valence-corrected chi connectivity index (χ4v) is 2.82. The van der Waals surface area contributed by atoms with E-state index in [0.717, 1.165) is 11.3 Å². The van der Waals surface area contributed by atoms with Gasteiger partial charge in [-0.3, -0.25) is 4.79 Å². The number of nitrogens with one attached hydrogen (secondary N) is 3. The van der Waals surface area contributed by atoms with Crippen LogP contribution in [0.25, 0.3) is 5.57 Å². The number of benzene rings is 1. The molecule has 23 heavy (non-hydrogen) atoms. The summed E-state index contributed by atoms with van der Waals surface area (Å²) in [6, 6.07) is 4.96. The Kier molecular flexibility index (Phi) is 3.23. The molecule has 2 saturated heterocycles. The van der Waals surface area contributed by atoms with E-state index in [-0.39, 0.29) is 30.1 Å². The van der Waals surface area contributed by atoms with Crippen LogP contribution in [0.5, 0.6) is 5.75 Å². The fourth-order valence-electron chi connectivity index (χ4n) is 2.82. The van der Waals surface area contributed by atoms with Crippen LogP contribution in [0, 0.1) is 0 Å². The maximum Gasteiger partial charge on any atom is 0.315 e. The van der Waals surface area contributed by atoms with Crippen LogP contribution in [0.4, 0.5) is 10.5 Å². The lowest BCUT2D eigenvalue weighted by atomic mass is 10.0. The van der Waals surface area contributed by atoms with Gasteiger partial charge in [-0.25, -0.2) is 4.79 Å². The molecule has 1 aromatic rings. The van der Waals surface area contributed by atoms with Gasteiger partial charge in [0.25, 0.3) is 5.91 Å². The van der Waals surface area contributed by atoms with E-state index in [4.69, 9.17) is 9.47 Å². The Hall–Kier alpha value is -2.54. The Morgan fingerprint density at radius 3 is 2.87 bits per heavy atom. The average molecular weight is 315 g/mol. The average Bonchev–Trinajstić information content (AvgIpc) is 3.21. The molecule has 0 radical (unpaired) electrons. The number of fused-ring (bicyclic) bond motifs is 1. The summed E-state index contributed by atoms with van der Waals surface area (Å²) in [5.74, 6) is 0.458. The maximum atomic E-state index is 12.3. The third-order valence-electron chi connectivity index (χ3n) is 4.16. The molecule has 1 aromatic carbocycles. The molecule has 4 rings (SSSR count). The van der Waals surface area contributed by atoms with Gasteiger partial charge in [-0.15, -0.1) is 0 Å². The van der Waals surface area contributed by atoms with E-state index in [1.54, 1.807) is 6.08 Å². The minimum atomic E-state index is -0.242. The van der Waals surface area contributed by atoms with Gasteiger partial charge in [0.15, 0.2) is 0 Å². The van der Waals surface area contributed by atoms with E-state index in [1.165, 1.54) is 0 Å². The summed E-state index contributed by atoms with van der Waals surface area (Å²) in [7, 11) is 0. The molecule has 0 aliphatic carbocycles. The first-order valence-electron chi connectivity index (χ1n) is 7.60.